The molecular weight excluding hydrogens is 327 g/mol. The quantitative estimate of drug-likeness (QED) is 0.874. The predicted molar refractivity (Wildman–Crippen MR) is 75.4 cm³/mol. The van der Waals surface area contributed by atoms with Crippen molar-refractivity contribution < 1.29 is 27.1 Å². The minimum absolute atomic E-state index is 0.0979. The van der Waals surface area contributed by atoms with Crippen molar-refractivity contribution in [3.8, 4) is 5.88 Å². The zero-order valence-electron chi connectivity index (χ0n) is 12.5. The molecule has 1 fully saturated rings. The normalized spacial score (nSPS) is 14.5. The summed E-state index contributed by atoms with van der Waals surface area (Å²) < 4.78 is 45.9. The maximum absolute atomic E-state index is 12.1. The van der Waals surface area contributed by atoms with Gasteiger partial charge in [-0.3, -0.25) is 4.79 Å². The molecule has 0 radical (unpaired) electrons. The van der Waals surface area contributed by atoms with Crippen LogP contribution in [0.5, 0.6) is 5.88 Å². The first-order valence-electron chi connectivity index (χ1n) is 7.30. The minimum Gasteiger partial charge on any atom is -0.468 e. The van der Waals surface area contributed by atoms with Gasteiger partial charge in [-0.15, -0.1) is 5.10 Å². The predicted octanol–water partition coefficient (Wildman–Crippen LogP) is 2.82. The van der Waals surface area contributed by atoms with Gasteiger partial charge in [0, 0.05) is 12.0 Å². The number of alkyl halides is 3. The molecule has 2 aromatic heterocycles. The number of furan rings is 1. The number of rotatable bonds is 6. The number of aromatic nitrogens is 2. The van der Waals surface area contributed by atoms with Gasteiger partial charge < -0.3 is 14.5 Å². The molecule has 2 aromatic rings. The Morgan fingerprint density at radius 2 is 2.08 bits per heavy atom. The summed E-state index contributed by atoms with van der Waals surface area (Å²) in [5, 5.41) is 9.94. The smallest absolute Gasteiger partial charge is 0.422 e. The first-order chi connectivity index (χ1) is 11.4. The molecule has 0 unspecified atom stereocenters. The van der Waals surface area contributed by atoms with Crippen molar-refractivity contribution in [1.29, 1.82) is 0 Å². The Bertz CT molecular complexity index is 709. The van der Waals surface area contributed by atoms with Gasteiger partial charge in [0.25, 0.3) is 5.91 Å². The minimum atomic E-state index is -4.43. The molecule has 1 saturated carbocycles. The Hall–Kier alpha value is -2.58. The molecular formula is C15H14F3N3O3. The number of hydrogen-bond donors (Lipinski definition) is 1. The lowest BCUT2D eigenvalue weighted by atomic mass is 10.2. The molecule has 128 valence electrons. The lowest BCUT2D eigenvalue weighted by molar-refractivity contribution is -0.154. The van der Waals surface area contributed by atoms with Crippen LogP contribution < -0.4 is 10.1 Å². The number of amides is 1. The fourth-order valence-corrected chi connectivity index (χ4v) is 2.11. The van der Waals surface area contributed by atoms with Crippen molar-refractivity contribution in [2.75, 3.05) is 6.61 Å². The van der Waals surface area contributed by atoms with E-state index in [1.165, 1.54) is 18.4 Å². The zero-order chi connectivity index (χ0) is 17.2. The molecule has 24 heavy (non-hydrogen) atoms. The second-order valence-electron chi connectivity index (χ2n) is 5.42. The SMILES string of the molecule is O=C(NCc1ccc(OCC(F)(F)F)nn1)c1ccoc1C1CC1. The highest BCUT2D eigenvalue weighted by atomic mass is 19.4. The molecule has 0 bridgehead atoms. The van der Waals surface area contributed by atoms with Gasteiger partial charge in [-0.2, -0.15) is 18.3 Å². The van der Waals surface area contributed by atoms with Crippen LogP contribution >= 0.6 is 0 Å². The highest BCUT2D eigenvalue weighted by Gasteiger charge is 2.31. The van der Waals surface area contributed by atoms with Crippen molar-refractivity contribution in [3.63, 3.8) is 0 Å². The van der Waals surface area contributed by atoms with Gasteiger partial charge in [0.15, 0.2) is 6.61 Å². The first-order valence-corrected chi connectivity index (χ1v) is 7.30. The van der Waals surface area contributed by atoms with Crippen LogP contribution in [0, 0.1) is 0 Å². The molecule has 6 nitrogen and oxygen atoms in total. The number of nitrogens with one attached hydrogen (secondary N) is 1. The molecule has 2 heterocycles. The van der Waals surface area contributed by atoms with E-state index >= 15 is 0 Å². The average Bonchev–Trinajstić information content (AvgIpc) is 3.27. The zero-order valence-corrected chi connectivity index (χ0v) is 12.5. The second kappa shape index (κ2) is 6.50. The average molecular weight is 341 g/mol. The lowest BCUT2D eigenvalue weighted by Crippen LogP contribution is -2.24. The maximum atomic E-state index is 12.1. The molecule has 1 aliphatic rings. The van der Waals surface area contributed by atoms with Gasteiger partial charge in [0.1, 0.15) is 5.76 Å². The molecule has 9 heteroatoms. The number of nitrogens with zero attached hydrogens (tertiary/aromatic N) is 2. The third-order valence-corrected chi connectivity index (χ3v) is 3.40. The van der Waals surface area contributed by atoms with Gasteiger partial charge in [-0.1, -0.05) is 0 Å². The van der Waals surface area contributed by atoms with E-state index in [1.54, 1.807) is 6.07 Å². The largest absolute Gasteiger partial charge is 0.468 e. The summed E-state index contributed by atoms with van der Waals surface area (Å²) in [6.07, 6.45) is -0.926. The third kappa shape index (κ3) is 4.24. The Balaban J connectivity index is 1.53. The molecule has 0 spiro atoms. The van der Waals surface area contributed by atoms with Gasteiger partial charge in [0.05, 0.1) is 24.1 Å². The number of carbonyl (C=O) groups excluding carboxylic acids is 1. The van der Waals surface area contributed by atoms with E-state index in [4.69, 9.17) is 4.42 Å². The Morgan fingerprint density at radius 1 is 1.29 bits per heavy atom. The summed E-state index contributed by atoms with van der Waals surface area (Å²) in [5.41, 5.74) is 0.898. The van der Waals surface area contributed by atoms with E-state index in [1.807, 2.05) is 0 Å². The fourth-order valence-electron chi connectivity index (χ4n) is 2.11. The molecule has 1 N–H and O–H groups in total. The van der Waals surface area contributed by atoms with Crippen LogP contribution in [0.1, 0.15) is 40.6 Å². The molecule has 0 atom stereocenters. The molecule has 3 rings (SSSR count). The van der Waals surface area contributed by atoms with Crippen LogP contribution in [0.3, 0.4) is 0 Å². The molecule has 1 aliphatic carbocycles. The van der Waals surface area contributed by atoms with Gasteiger partial charge >= 0.3 is 6.18 Å². The van der Waals surface area contributed by atoms with Gasteiger partial charge in [-0.25, -0.2) is 0 Å². The van der Waals surface area contributed by atoms with Crippen LogP contribution in [0.4, 0.5) is 13.2 Å². The Kier molecular flexibility index (Phi) is 4.41. The summed E-state index contributed by atoms with van der Waals surface area (Å²) in [4.78, 5) is 12.1. The lowest BCUT2D eigenvalue weighted by Gasteiger charge is -2.08. The van der Waals surface area contributed by atoms with E-state index in [2.05, 4.69) is 20.3 Å². The number of carbonyl (C=O) groups is 1. The van der Waals surface area contributed by atoms with Crippen LogP contribution in [0.2, 0.25) is 0 Å². The molecule has 0 aliphatic heterocycles. The van der Waals surface area contributed by atoms with Crippen LogP contribution in [-0.2, 0) is 6.54 Å². The summed E-state index contributed by atoms with van der Waals surface area (Å²) in [6, 6.07) is 4.33. The highest BCUT2D eigenvalue weighted by Crippen LogP contribution is 2.42. The maximum Gasteiger partial charge on any atom is 0.422 e. The molecule has 1 amide bonds. The molecule has 0 saturated heterocycles. The molecule has 0 aromatic carbocycles. The summed E-state index contributed by atoms with van der Waals surface area (Å²) in [5.74, 6) is 0.484. The Morgan fingerprint density at radius 3 is 2.71 bits per heavy atom. The van der Waals surface area contributed by atoms with Crippen LogP contribution in [0.25, 0.3) is 0 Å². The standard InChI is InChI=1S/C15H14F3N3O3/c16-15(17,18)8-24-12-4-3-10(20-21-12)7-19-14(22)11-5-6-23-13(11)9-1-2-9/h3-6,9H,1-2,7-8H2,(H,19,22). The summed E-state index contributed by atoms with van der Waals surface area (Å²) >= 11 is 0. The highest BCUT2D eigenvalue weighted by molar-refractivity contribution is 5.95. The first kappa shape index (κ1) is 16.3. The topological polar surface area (TPSA) is 77.2 Å². The second-order valence-corrected chi connectivity index (χ2v) is 5.42. The van der Waals surface area contributed by atoms with Crippen LogP contribution in [-0.4, -0.2) is 28.9 Å². The van der Waals surface area contributed by atoms with E-state index in [0.29, 0.717) is 22.9 Å². The van der Waals surface area contributed by atoms with Crippen molar-refractivity contribution in [2.24, 2.45) is 0 Å². The monoisotopic (exact) mass is 341 g/mol. The van der Waals surface area contributed by atoms with Crippen molar-refractivity contribution in [1.82, 2.24) is 15.5 Å². The van der Waals surface area contributed by atoms with E-state index < -0.39 is 12.8 Å². The van der Waals surface area contributed by atoms with Crippen LogP contribution in [0.15, 0.2) is 28.9 Å². The van der Waals surface area contributed by atoms with E-state index in [-0.39, 0.29) is 18.3 Å². The van der Waals surface area contributed by atoms with Crippen molar-refractivity contribution >= 4 is 5.91 Å². The van der Waals surface area contributed by atoms with E-state index in [0.717, 1.165) is 12.8 Å². The fraction of sp³-hybridized carbons (Fsp3) is 0.400. The third-order valence-electron chi connectivity index (χ3n) is 3.40. The summed E-state index contributed by atoms with van der Waals surface area (Å²) in [7, 11) is 0. The summed E-state index contributed by atoms with van der Waals surface area (Å²) in [6.45, 7) is -1.33. The number of halogens is 3. The van der Waals surface area contributed by atoms with Crippen molar-refractivity contribution in [3.05, 3.63) is 41.5 Å². The Labute approximate surface area is 135 Å². The van der Waals surface area contributed by atoms with Crippen molar-refractivity contribution in [2.45, 2.75) is 31.5 Å². The van der Waals surface area contributed by atoms with E-state index in [9.17, 15) is 18.0 Å². The number of ether oxygens (including phenoxy) is 1. The number of hydrogen-bond acceptors (Lipinski definition) is 5. The van der Waals surface area contributed by atoms with Gasteiger partial charge in [0.2, 0.25) is 5.88 Å². The van der Waals surface area contributed by atoms with Gasteiger partial charge in [-0.05, 0) is 25.0 Å².